The van der Waals surface area contributed by atoms with Gasteiger partial charge in [-0.15, -0.1) is 0 Å². The van der Waals surface area contributed by atoms with Crippen LogP contribution in [0.25, 0.3) is 0 Å². The molecule has 0 unspecified atom stereocenters. The fourth-order valence-corrected chi connectivity index (χ4v) is 2.06. The molecule has 0 aliphatic heterocycles. The molecule has 4 heteroatoms. The Hall–Kier alpha value is -2.38. The van der Waals surface area contributed by atoms with E-state index in [9.17, 15) is 4.39 Å². The van der Waals surface area contributed by atoms with Crippen LogP contribution in [-0.4, -0.2) is 0 Å². The molecule has 0 aliphatic carbocycles. The Balaban J connectivity index is 2.19. The predicted octanol–water partition coefficient (Wildman–Crippen LogP) is 3.60. The first-order chi connectivity index (χ1) is 10.0. The van der Waals surface area contributed by atoms with E-state index in [1.165, 1.54) is 12.1 Å². The first-order valence-corrected chi connectivity index (χ1v) is 6.68. The average Bonchev–Trinajstić information content (AvgIpc) is 2.47. The molecule has 0 fully saturated rings. The molecule has 0 aliphatic rings. The summed E-state index contributed by atoms with van der Waals surface area (Å²) in [4.78, 5) is 0. The van der Waals surface area contributed by atoms with Crippen LogP contribution >= 0.6 is 0 Å². The minimum Gasteiger partial charge on any atom is -0.489 e. The van der Waals surface area contributed by atoms with Gasteiger partial charge in [0.05, 0.1) is 5.56 Å². The van der Waals surface area contributed by atoms with Crippen LogP contribution in [0.1, 0.15) is 35.2 Å². The highest BCUT2D eigenvalue weighted by atomic mass is 19.1. The van der Waals surface area contributed by atoms with Crippen LogP contribution < -0.4 is 10.5 Å². The van der Waals surface area contributed by atoms with E-state index in [2.05, 4.69) is 0 Å². The zero-order chi connectivity index (χ0) is 15.4. The molecule has 0 saturated carbocycles. The lowest BCUT2D eigenvalue weighted by atomic mass is 10.1. The number of rotatable bonds is 4. The van der Waals surface area contributed by atoms with E-state index >= 15 is 0 Å². The zero-order valence-electron chi connectivity index (χ0n) is 12.1. The molecule has 2 aromatic carbocycles. The number of nitrogens with zero attached hydrogens (tertiary/aromatic N) is 1. The lowest BCUT2D eigenvalue weighted by molar-refractivity contribution is 0.301. The van der Waals surface area contributed by atoms with Crippen molar-refractivity contribution in [3.05, 3.63) is 64.5 Å². The van der Waals surface area contributed by atoms with Crippen molar-refractivity contribution in [2.45, 2.75) is 26.5 Å². The van der Waals surface area contributed by atoms with Crippen LogP contribution in [-0.2, 0) is 6.61 Å². The standard InChI is InChI=1S/C17H17FN2O/c1-11-3-6-17(15(7-11)12(2)20)21-10-13-4-5-16(18)14(8-13)9-19/h3-8,12H,10,20H2,1-2H3/t12-/m1/s1. The largest absolute Gasteiger partial charge is 0.489 e. The lowest BCUT2D eigenvalue weighted by Gasteiger charge is -2.15. The van der Waals surface area contributed by atoms with Crippen LogP contribution in [0.2, 0.25) is 0 Å². The molecule has 1 atom stereocenters. The summed E-state index contributed by atoms with van der Waals surface area (Å²) in [5, 5.41) is 8.83. The maximum absolute atomic E-state index is 13.3. The molecule has 0 heterocycles. The second kappa shape index (κ2) is 6.38. The van der Waals surface area contributed by atoms with Crippen molar-refractivity contribution in [3.8, 4) is 11.8 Å². The van der Waals surface area contributed by atoms with Crippen molar-refractivity contribution >= 4 is 0 Å². The van der Waals surface area contributed by atoms with Crippen molar-refractivity contribution in [3.63, 3.8) is 0 Å². The van der Waals surface area contributed by atoms with Gasteiger partial charge in [0.25, 0.3) is 0 Å². The summed E-state index contributed by atoms with van der Waals surface area (Å²) < 4.78 is 19.0. The van der Waals surface area contributed by atoms with Gasteiger partial charge in [0.2, 0.25) is 0 Å². The topological polar surface area (TPSA) is 59.0 Å². The Morgan fingerprint density at radius 2 is 2.05 bits per heavy atom. The Labute approximate surface area is 123 Å². The first-order valence-electron chi connectivity index (χ1n) is 6.68. The number of nitriles is 1. The highest BCUT2D eigenvalue weighted by Gasteiger charge is 2.09. The van der Waals surface area contributed by atoms with Gasteiger partial charge in [-0.2, -0.15) is 5.26 Å². The van der Waals surface area contributed by atoms with Gasteiger partial charge in [0, 0.05) is 11.6 Å². The summed E-state index contributed by atoms with van der Waals surface area (Å²) in [6.45, 7) is 4.15. The molecule has 0 bridgehead atoms. The normalized spacial score (nSPS) is 11.8. The third-order valence-electron chi connectivity index (χ3n) is 3.20. The Morgan fingerprint density at radius 1 is 1.29 bits per heavy atom. The van der Waals surface area contributed by atoms with Crippen molar-refractivity contribution in [1.29, 1.82) is 5.26 Å². The van der Waals surface area contributed by atoms with Gasteiger partial charge in [-0.1, -0.05) is 23.8 Å². The zero-order valence-corrected chi connectivity index (χ0v) is 12.1. The van der Waals surface area contributed by atoms with Crippen molar-refractivity contribution in [1.82, 2.24) is 0 Å². The number of ether oxygens (including phenoxy) is 1. The minimum atomic E-state index is -0.521. The third-order valence-corrected chi connectivity index (χ3v) is 3.20. The number of aryl methyl sites for hydroxylation is 1. The van der Waals surface area contributed by atoms with Crippen LogP contribution in [0, 0.1) is 24.1 Å². The molecule has 21 heavy (non-hydrogen) atoms. The first kappa shape index (κ1) is 15.0. The molecule has 0 spiro atoms. The van der Waals surface area contributed by atoms with Crippen LogP contribution in [0.3, 0.4) is 0 Å². The monoisotopic (exact) mass is 284 g/mol. The molecule has 108 valence electrons. The van der Waals surface area contributed by atoms with Gasteiger partial charge in [0.15, 0.2) is 0 Å². The molecular formula is C17H17FN2O. The number of hydrogen-bond acceptors (Lipinski definition) is 3. The summed E-state index contributed by atoms with van der Waals surface area (Å²) in [6, 6.07) is 11.9. The molecule has 0 aromatic heterocycles. The van der Waals surface area contributed by atoms with Crippen molar-refractivity contribution < 1.29 is 9.13 Å². The van der Waals surface area contributed by atoms with E-state index in [0.29, 0.717) is 5.75 Å². The van der Waals surface area contributed by atoms with Crippen LogP contribution in [0.4, 0.5) is 4.39 Å². The van der Waals surface area contributed by atoms with Gasteiger partial charge >= 0.3 is 0 Å². The van der Waals surface area contributed by atoms with Gasteiger partial charge in [-0.05, 0) is 37.6 Å². The fraction of sp³-hybridized carbons (Fsp3) is 0.235. The molecule has 0 radical (unpaired) electrons. The molecule has 0 saturated heterocycles. The van der Waals surface area contributed by atoms with Crippen molar-refractivity contribution in [2.75, 3.05) is 0 Å². The SMILES string of the molecule is Cc1ccc(OCc2ccc(F)c(C#N)c2)c([C@@H](C)N)c1. The second-order valence-electron chi connectivity index (χ2n) is 5.04. The molecule has 2 rings (SSSR count). The Kier molecular flexibility index (Phi) is 4.56. The third kappa shape index (κ3) is 3.59. The quantitative estimate of drug-likeness (QED) is 0.933. The molecule has 2 N–H and O–H groups in total. The summed E-state index contributed by atoms with van der Waals surface area (Å²) >= 11 is 0. The summed E-state index contributed by atoms with van der Waals surface area (Å²) in [5.41, 5.74) is 8.75. The highest BCUT2D eigenvalue weighted by Crippen LogP contribution is 2.26. The van der Waals surface area contributed by atoms with Crippen molar-refractivity contribution in [2.24, 2.45) is 5.73 Å². The number of nitrogens with two attached hydrogens (primary N) is 1. The maximum Gasteiger partial charge on any atom is 0.140 e. The molecule has 3 nitrogen and oxygen atoms in total. The van der Waals surface area contributed by atoms with Crippen LogP contribution in [0.5, 0.6) is 5.75 Å². The number of benzene rings is 2. The van der Waals surface area contributed by atoms with Crippen LogP contribution in [0.15, 0.2) is 36.4 Å². The number of hydrogen-bond donors (Lipinski definition) is 1. The molecular weight excluding hydrogens is 267 g/mol. The predicted molar refractivity (Wildman–Crippen MR) is 79.2 cm³/mol. The van der Waals surface area contributed by atoms with Gasteiger partial charge < -0.3 is 10.5 Å². The van der Waals surface area contributed by atoms with E-state index in [-0.39, 0.29) is 18.2 Å². The molecule has 0 amide bonds. The molecule has 2 aromatic rings. The maximum atomic E-state index is 13.3. The highest BCUT2D eigenvalue weighted by molar-refractivity contribution is 5.39. The van der Waals surface area contributed by atoms with Gasteiger partial charge in [-0.3, -0.25) is 0 Å². The summed E-state index contributed by atoms with van der Waals surface area (Å²) in [6.07, 6.45) is 0. The fourth-order valence-electron chi connectivity index (χ4n) is 2.06. The average molecular weight is 284 g/mol. The van der Waals surface area contributed by atoms with E-state index in [4.69, 9.17) is 15.7 Å². The minimum absolute atomic E-state index is 0.0208. The summed E-state index contributed by atoms with van der Waals surface area (Å²) in [7, 11) is 0. The Morgan fingerprint density at radius 3 is 2.71 bits per heavy atom. The second-order valence-corrected chi connectivity index (χ2v) is 5.04. The summed E-state index contributed by atoms with van der Waals surface area (Å²) in [5.74, 6) is 0.186. The van der Waals surface area contributed by atoms with Gasteiger partial charge in [0.1, 0.15) is 24.2 Å². The smallest absolute Gasteiger partial charge is 0.140 e. The van der Waals surface area contributed by atoms with E-state index < -0.39 is 5.82 Å². The Bertz CT molecular complexity index is 690. The lowest BCUT2D eigenvalue weighted by Crippen LogP contribution is -2.08. The van der Waals surface area contributed by atoms with E-state index in [1.807, 2.05) is 38.1 Å². The number of halogens is 1. The van der Waals surface area contributed by atoms with E-state index in [0.717, 1.165) is 16.7 Å². The van der Waals surface area contributed by atoms with Gasteiger partial charge in [-0.25, -0.2) is 4.39 Å². The van der Waals surface area contributed by atoms with E-state index in [1.54, 1.807) is 6.07 Å².